The third-order valence-electron chi connectivity index (χ3n) is 1.26. The molecular weight excluding hydrogens is 210 g/mol. The average molecular weight is 214 g/mol. The molecule has 0 aliphatic rings. The second-order valence-electron chi connectivity index (χ2n) is 2.04. The third-order valence-corrected chi connectivity index (χ3v) is 1.65. The van der Waals surface area contributed by atoms with E-state index in [4.69, 9.17) is 10.2 Å². The maximum Gasteiger partial charge on any atom is 0.232 e. The summed E-state index contributed by atoms with van der Waals surface area (Å²) in [4.78, 5) is 7.67. The van der Waals surface area contributed by atoms with Crippen LogP contribution in [0.5, 0.6) is 0 Å². The van der Waals surface area contributed by atoms with Crippen molar-refractivity contribution < 1.29 is 4.42 Å². The van der Waals surface area contributed by atoms with E-state index in [1.165, 1.54) is 0 Å². The van der Waals surface area contributed by atoms with E-state index in [1.54, 1.807) is 12.3 Å². The highest BCUT2D eigenvalue weighted by molar-refractivity contribution is 9.10. The Kier molecular flexibility index (Phi) is 1.32. The molecule has 0 spiro atoms. The Morgan fingerprint density at radius 2 is 2.36 bits per heavy atom. The molecule has 2 aromatic heterocycles. The van der Waals surface area contributed by atoms with Crippen LogP contribution in [-0.2, 0) is 0 Å². The van der Waals surface area contributed by atoms with Crippen molar-refractivity contribution in [1.82, 2.24) is 9.97 Å². The first-order valence-electron chi connectivity index (χ1n) is 2.93. The zero-order chi connectivity index (χ0) is 7.84. The SMILES string of the molecule is Nc1ncc2cc(Br)oc2n1. The van der Waals surface area contributed by atoms with Crippen LogP contribution in [0.3, 0.4) is 0 Å². The zero-order valence-electron chi connectivity index (χ0n) is 5.41. The largest absolute Gasteiger partial charge is 0.431 e. The van der Waals surface area contributed by atoms with Crippen molar-refractivity contribution >= 4 is 33.0 Å². The number of aromatic nitrogens is 2. The lowest BCUT2D eigenvalue weighted by atomic mass is 10.4. The molecule has 0 saturated heterocycles. The fourth-order valence-electron chi connectivity index (χ4n) is 0.813. The minimum atomic E-state index is 0.222. The molecular formula is C6H4BrN3O. The predicted molar refractivity (Wildman–Crippen MR) is 43.9 cm³/mol. The van der Waals surface area contributed by atoms with Crippen LogP contribution in [0, 0.1) is 0 Å². The van der Waals surface area contributed by atoms with Crippen molar-refractivity contribution in [3.8, 4) is 0 Å². The van der Waals surface area contributed by atoms with Gasteiger partial charge in [-0.05, 0) is 15.9 Å². The first-order valence-corrected chi connectivity index (χ1v) is 3.72. The van der Waals surface area contributed by atoms with Gasteiger partial charge in [-0.25, -0.2) is 4.98 Å². The first kappa shape index (κ1) is 6.60. The number of nitrogens with two attached hydrogens (primary N) is 1. The van der Waals surface area contributed by atoms with Gasteiger partial charge in [0.2, 0.25) is 11.7 Å². The fourth-order valence-corrected chi connectivity index (χ4v) is 1.21. The average Bonchev–Trinajstić information content (AvgIpc) is 2.27. The van der Waals surface area contributed by atoms with Crippen LogP contribution in [0.1, 0.15) is 0 Å². The van der Waals surface area contributed by atoms with E-state index in [0.29, 0.717) is 10.4 Å². The van der Waals surface area contributed by atoms with Crippen molar-refractivity contribution in [3.05, 3.63) is 16.9 Å². The summed E-state index contributed by atoms with van der Waals surface area (Å²) < 4.78 is 5.77. The molecule has 0 aromatic carbocycles. The monoisotopic (exact) mass is 213 g/mol. The van der Waals surface area contributed by atoms with E-state index in [0.717, 1.165) is 5.39 Å². The van der Waals surface area contributed by atoms with E-state index in [1.807, 2.05) is 0 Å². The summed E-state index contributed by atoms with van der Waals surface area (Å²) in [5.74, 6) is 0.222. The molecule has 0 atom stereocenters. The van der Waals surface area contributed by atoms with Gasteiger partial charge in [0.15, 0.2) is 4.67 Å². The normalized spacial score (nSPS) is 10.6. The van der Waals surface area contributed by atoms with Crippen molar-refractivity contribution in [3.63, 3.8) is 0 Å². The third kappa shape index (κ3) is 1.07. The Bertz CT molecular complexity index is 398. The molecule has 0 saturated carbocycles. The van der Waals surface area contributed by atoms with E-state index >= 15 is 0 Å². The number of fused-ring (bicyclic) bond motifs is 1. The van der Waals surface area contributed by atoms with Crippen molar-refractivity contribution in [2.45, 2.75) is 0 Å². The number of hydrogen-bond acceptors (Lipinski definition) is 4. The lowest BCUT2D eigenvalue weighted by Crippen LogP contribution is -1.91. The van der Waals surface area contributed by atoms with Crippen LogP contribution < -0.4 is 5.73 Å². The molecule has 0 amide bonds. The maximum atomic E-state index is 5.34. The van der Waals surface area contributed by atoms with Crippen LogP contribution in [0.25, 0.3) is 11.1 Å². The standard InChI is InChI=1S/C6H4BrN3O/c7-4-1-3-2-9-6(8)10-5(3)11-4/h1-2H,(H2,8,9,10). The summed E-state index contributed by atoms with van der Waals surface area (Å²) in [6.45, 7) is 0. The van der Waals surface area contributed by atoms with Crippen molar-refractivity contribution in [2.75, 3.05) is 5.73 Å². The summed E-state index contributed by atoms with van der Waals surface area (Å²) in [5, 5.41) is 0.839. The van der Waals surface area contributed by atoms with E-state index in [9.17, 15) is 0 Å². The molecule has 0 bridgehead atoms. The summed E-state index contributed by atoms with van der Waals surface area (Å²) in [5.41, 5.74) is 5.84. The van der Waals surface area contributed by atoms with Gasteiger partial charge in [0.25, 0.3) is 0 Å². The van der Waals surface area contributed by atoms with Crippen LogP contribution in [0.2, 0.25) is 0 Å². The number of anilines is 1. The van der Waals surface area contributed by atoms with Gasteiger partial charge >= 0.3 is 0 Å². The second-order valence-corrected chi connectivity index (χ2v) is 2.82. The summed E-state index contributed by atoms with van der Waals surface area (Å²) >= 11 is 3.17. The minimum absolute atomic E-state index is 0.222. The predicted octanol–water partition coefficient (Wildman–Crippen LogP) is 1.57. The van der Waals surface area contributed by atoms with Crippen LogP contribution in [0.15, 0.2) is 21.3 Å². The molecule has 0 aliphatic heterocycles. The second kappa shape index (κ2) is 2.20. The number of nitrogens with zero attached hydrogens (tertiary/aromatic N) is 2. The Morgan fingerprint density at radius 1 is 1.55 bits per heavy atom. The highest BCUT2D eigenvalue weighted by Gasteiger charge is 2.02. The molecule has 5 heteroatoms. The quantitative estimate of drug-likeness (QED) is 0.722. The highest BCUT2D eigenvalue weighted by Crippen LogP contribution is 2.20. The number of nitrogen functional groups attached to an aromatic ring is 1. The molecule has 4 nitrogen and oxygen atoms in total. The smallest absolute Gasteiger partial charge is 0.232 e. The van der Waals surface area contributed by atoms with Crippen LogP contribution in [0.4, 0.5) is 5.95 Å². The van der Waals surface area contributed by atoms with Gasteiger partial charge in [-0.2, -0.15) is 4.98 Å². The summed E-state index contributed by atoms with van der Waals surface area (Å²) in [6.07, 6.45) is 1.62. The van der Waals surface area contributed by atoms with Crippen molar-refractivity contribution in [1.29, 1.82) is 0 Å². The zero-order valence-corrected chi connectivity index (χ0v) is 7.00. The highest BCUT2D eigenvalue weighted by atomic mass is 79.9. The first-order chi connectivity index (χ1) is 5.25. The van der Waals surface area contributed by atoms with Gasteiger partial charge < -0.3 is 10.2 Å². The summed E-state index contributed by atoms with van der Waals surface area (Å²) in [7, 11) is 0. The molecule has 2 aromatic rings. The molecule has 2 N–H and O–H groups in total. The molecule has 0 aliphatic carbocycles. The number of hydrogen-bond donors (Lipinski definition) is 1. The van der Waals surface area contributed by atoms with Gasteiger partial charge in [-0.1, -0.05) is 0 Å². The lowest BCUT2D eigenvalue weighted by Gasteiger charge is -1.87. The summed E-state index contributed by atoms with van der Waals surface area (Å²) in [6, 6.07) is 1.79. The number of rotatable bonds is 0. The maximum absolute atomic E-state index is 5.34. The van der Waals surface area contributed by atoms with E-state index in [2.05, 4.69) is 25.9 Å². The Labute approximate surface area is 70.6 Å². The molecule has 11 heavy (non-hydrogen) atoms. The van der Waals surface area contributed by atoms with E-state index in [-0.39, 0.29) is 5.95 Å². The molecule has 2 rings (SSSR count). The van der Waals surface area contributed by atoms with Crippen LogP contribution in [-0.4, -0.2) is 9.97 Å². The van der Waals surface area contributed by atoms with Crippen molar-refractivity contribution in [2.24, 2.45) is 0 Å². The molecule has 2 heterocycles. The van der Waals surface area contributed by atoms with Gasteiger partial charge in [0.1, 0.15) is 0 Å². The number of halogens is 1. The topological polar surface area (TPSA) is 64.9 Å². The number of furan rings is 1. The Morgan fingerprint density at radius 3 is 3.18 bits per heavy atom. The fraction of sp³-hybridized carbons (Fsp3) is 0. The molecule has 0 unspecified atom stereocenters. The Hall–Kier alpha value is -1.10. The lowest BCUT2D eigenvalue weighted by molar-refractivity contribution is 0.576. The van der Waals surface area contributed by atoms with Gasteiger partial charge in [-0.3, -0.25) is 0 Å². The Balaban J connectivity index is 2.82. The van der Waals surface area contributed by atoms with E-state index < -0.39 is 0 Å². The van der Waals surface area contributed by atoms with Gasteiger partial charge in [0, 0.05) is 12.3 Å². The molecule has 56 valence electrons. The van der Waals surface area contributed by atoms with Gasteiger partial charge in [0.05, 0.1) is 5.39 Å². The molecule has 0 radical (unpaired) electrons. The minimum Gasteiger partial charge on any atom is -0.431 e. The molecule has 0 fully saturated rings. The van der Waals surface area contributed by atoms with Crippen LogP contribution >= 0.6 is 15.9 Å². The van der Waals surface area contributed by atoms with Gasteiger partial charge in [-0.15, -0.1) is 0 Å².